The summed E-state index contributed by atoms with van der Waals surface area (Å²) in [5.41, 5.74) is 0.541. The summed E-state index contributed by atoms with van der Waals surface area (Å²) in [4.78, 5) is 38.0. The van der Waals surface area contributed by atoms with Crippen LogP contribution in [-0.2, 0) is 19.6 Å². The summed E-state index contributed by atoms with van der Waals surface area (Å²) in [7, 11) is -2.49. The number of hydrogen-bond donors (Lipinski definition) is 3. The van der Waals surface area contributed by atoms with Crippen LogP contribution in [0.25, 0.3) is 10.8 Å². The van der Waals surface area contributed by atoms with Gasteiger partial charge in [-0.2, -0.15) is 16.9 Å². The number of sulfonamides is 1. The number of nitrogens with one attached hydrogen (secondary N) is 1. The molecule has 2 atom stereocenters. The lowest BCUT2D eigenvalue weighted by atomic mass is 10.1. The number of carbonyl (C=O) groups excluding carboxylic acids is 2. The van der Waals surface area contributed by atoms with Crippen LogP contribution in [0, 0.1) is 0 Å². The first-order valence-corrected chi connectivity index (χ1v) is 13.1. The van der Waals surface area contributed by atoms with Crippen molar-refractivity contribution in [1.29, 1.82) is 0 Å². The van der Waals surface area contributed by atoms with E-state index in [0.29, 0.717) is 5.69 Å². The van der Waals surface area contributed by atoms with Crippen molar-refractivity contribution in [2.45, 2.75) is 22.6 Å². The molecule has 4 rings (SSSR count). The van der Waals surface area contributed by atoms with E-state index in [2.05, 4.69) is 17.9 Å². The maximum absolute atomic E-state index is 13.4. The number of nitrogens with zero attached hydrogens (tertiary/aromatic N) is 2. The topological polar surface area (TPSA) is 124 Å². The van der Waals surface area contributed by atoms with E-state index in [9.17, 15) is 22.8 Å². The number of carboxylic acids is 1. The van der Waals surface area contributed by atoms with Gasteiger partial charge in [0.15, 0.2) is 0 Å². The van der Waals surface area contributed by atoms with Gasteiger partial charge in [0.2, 0.25) is 21.8 Å². The molecule has 1 fully saturated rings. The van der Waals surface area contributed by atoms with Crippen LogP contribution in [0.4, 0.5) is 5.69 Å². The summed E-state index contributed by atoms with van der Waals surface area (Å²) >= 11 is 4.42. The number of likely N-dealkylation sites (N-methyl/N-ethyl adjacent to an activating group) is 1. The van der Waals surface area contributed by atoms with Gasteiger partial charge < -0.3 is 15.3 Å². The lowest BCUT2D eigenvalue weighted by molar-refractivity contribution is -0.127. The Morgan fingerprint density at radius 1 is 1.06 bits per heavy atom. The molecule has 2 N–H and O–H groups in total. The van der Waals surface area contributed by atoms with E-state index in [1.165, 1.54) is 42.3 Å². The first-order chi connectivity index (χ1) is 17.1. The van der Waals surface area contributed by atoms with Crippen LogP contribution < -0.4 is 10.2 Å². The molecular weight excluding hydrogens is 502 g/mol. The van der Waals surface area contributed by atoms with E-state index in [4.69, 9.17) is 5.11 Å². The number of carbonyl (C=O) groups is 3. The van der Waals surface area contributed by atoms with Gasteiger partial charge in [-0.1, -0.05) is 30.3 Å². The fourth-order valence-corrected chi connectivity index (χ4v) is 6.29. The van der Waals surface area contributed by atoms with Crippen LogP contribution in [0.5, 0.6) is 0 Å². The van der Waals surface area contributed by atoms with Gasteiger partial charge in [-0.25, -0.2) is 13.2 Å². The predicted octanol–water partition coefficient (Wildman–Crippen LogP) is 2.38. The largest absolute Gasteiger partial charge is 0.478 e. The summed E-state index contributed by atoms with van der Waals surface area (Å²) in [6, 6.07) is 17.0. The molecule has 0 aliphatic carbocycles. The molecule has 36 heavy (non-hydrogen) atoms. The highest BCUT2D eigenvalue weighted by molar-refractivity contribution is 7.89. The smallest absolute Gasteiger partial charge is 0.335 e. The number of aromatic carboxylic acids is 1. The molecule has 0 bridgehead atoms. The Morgan fingerprint density at radius 3 is 2.39 bits per heavy atom. The zero-order valence-corrected chi connectivity index (χ0v) is 21.1. The molecule has 9 nitrogen and oxygen atoms in total. The second-order valence-electron chi connectivity index (χ2n) is 8.51. The van der Waals surface area contributed by atoms with Gasteiger partial charge in [-0.3, -0.25) is 9.59 Å². The Morgan fingerprint density at radius 2 is 1.72 bits per heavy atom. The second kappa shape index (κ2) is 10.3. The maximum atomic E-state index is 13.4. The highest BCUT2D eigenvalue weighted by Crippen LogP contribution is 2.30. The highest BCUT2D eigenvalue weighted by Gasteiger charge is 2.43. The van der Waals surface area contributed by atoms with Gasteiger partial charge >= 0.3 is 5.97 Å². The number of fused-ring (bicyclic) bond motifs is 1. The Kier molecular flexibility index (Phi) is 7.34. The number of carboxylic acid groups (broad SMARTS) is 1. The molecule has 2 amide bonds. The van der Waals surface area contributed by atoms with Crippen LogP contribution >= 0.6 is 12.6 Å². The molecule has 0 radical (unpaired) electrons. The van der Waals surface area contributed by atoms with E-state index in [1.807, 2.05) is 24.3 Å². The van der Waals surface area contributed by atoms with Gasteiger partial charge in [-0.05, 0) is 53.6 Å². The van der Waals surface area contributed by atoms with Gasteiger partial charge in [0.05, 0.1) is 17.0 Å². The van der Waals surface area contributed by atoms with Crippen molar-refractivity contribution in [2.24, 2.45) is 0 Å². The summed E-state index contributed by atoms with van der Waals surface area (Å²) in [5, 5.41) is 12.9. The molecule has 188 valence electrons. The average Bonchev–Trinajstić information content (AvgIpc) is 3.29. The van der Waals surface area contributed by atoms with Crippen molar-refractivity contribution < 1.29 is 27.9 Å². The minimum atomic E-state index is -3.99. The Hall–Kier alpha value is -3.41. The zero-order chi connectivity index (χ0) is 26.0. The van der Waals surface area contributed by atoms with Crippen molar-refractivity contribution >= 4 is 56.9 Å². The first kappa shape index (κ1) is 25.7. The summed E-state index contributed by atoms with van der Waals surface area (Å²) in [6.07, 6.45) is 0.211. The van der Waals surface area contributed by atoms with Gasteiger partial charge in [0, 0.05) is 24.5 Å². The number of thiol groups is 1. The number of rotatable bonds is 7. The van der Waals surface area contributed by atoms with Crippen LogP contribution in [0.1, 0.15) is 16.8 Å². The third-order valence-electron chi connectivity index (χ3n) is 6.15. The van der Waals surface area contributed by atoms with E-state index in [-0.39, 0.29) is 35.2 Å². The predicted molar refractivity (Wildman–Crippen MR) is 139 cm³/mol. The van der Waals surface area contributed by atoms with Gasteiger partial charge in [-0.15, -0.1) is 0 Å². The monoisotopic (exact) mass is 527 g/mol. The Bertz CT molecular complexity index is 1430. The molecule has 1 aliphatic heterocycles. The Labute approximate surface area is 214 Å². The number of anilines is 1. The molecule has 1 aliphatic rings. The fourth-order valence-electron chi connectivity index (χ4n) is 4.12. The Balaban J connectivity index is 1.46. The van der Waals surface area contributed by atoms with Gasteiger partial charge in [0.1, 0.15) is 6.04 Å². The normalized spacial score (nSPS) is 18.2. The van der Waals surface area contributed by atoms with Crippen molar-refractivity contribution in [1.82, 2.24) is 9.62 Å². The molecule has 3 aromatic rings. The van der Waals surface area contributed by atoms with Gasteiger partial charge in [0.25, 0.3) is 0 Å². The summed E-state index contributed by atoms with van der Waals surface area (Å²) in [6.45, 7) is -0.284. The first-order valence-electron chi connectivity index (χ1n) is 11.1. The summed E-state index contributed by atoms with van der Waals surface area (Å²) < 4.78 is 28.0. The second-order valence-corrected chi connectivity index (χ2v) is 11.1. The molecule has 0 saturated carbocycles. The highest BCUT2D eigenvalue weighted by atomic mass is 32.2. The van der Waals surface area contributed by atoms with Crippen LogP contribution in [0.15, 0.2) is 71.6 Å². The molecular formula is C25H25N3O6S2. The molecule has 2 unspecified atom stereocenters. The average molecular weight is 528 g/mol. The number of hydrogen-bond acceptors (Lipinski definition) is 6. The number of amides is 2. The van der Waals surface area contributed by atoms with Crippen LogP contribution in [-0.4, -0.2) is 67.0 Å². The lowest BCUT2D eigenvalue weighted by Crippen LogP contribution is -2.48. The quantitative estimate of drug-likeness (QED) is 0.406. The van der Waals surface area contributed by atoms with Crippen LogP contribution in [0.3, 0.4) is 0 Å². The standard InChI is InChI=1S/C25H25N3O6S2/c1-27(19-9-6-17(7-10-19)25(31)32)23(29)14-26-24(30)22-13-20(35)15-28(22)36(33,34)21-11-8-16-4-2-3-5-18(16)12-21/h2-12,20,22,35H,13-15H2,1H3,(H,26,30)(H,31,32). The molecule has 1 heterocycles. The van der Waals surface area contributed by atoms with E-state index < -0.39 is 33.8 Å². The maximum Gasteiger partial charge on any atom is 0.335 e. The molecule has 11 heteroatoms. The van der Waals surface area contributed by atoms with Crippen molar-refractivity contribution in [3.63, 3.8) is 0 Å². The minimum absolute atomic E-state index is 0.0696. The van der Waals surface area contributed by atoms with Crippen molar-refractivity contribution in [2.75, 3.05) is 25.0 Å². The zero-order valence-electron chi connectivity index (χ0n) is 19.4. The van der Waals surface area contributed by atoms with E-state index in [1.54, 1.807) is 12.1 Å². The lowest BCUT2D eigenvalue weighted by Gasteiger charge is -2.24. The number of benzene rings is 3. The fraction of sp³-hybridized carbons (Fsp3) is 0.240. The molecule has 3 aromatic carbocycles. The van der Waals surface area contributed by atoms with Crippen molar-refractivity contribution in [3.05, 3.63) is 72.3 Å². The summed E-state index contributed by atoms with van der Waals surface area (Å²) in [5.74, 6) is -2.11. The van der Waals surface area contributed by atoms with E-state index >= 15 is 0 Å². The third-order valence-corrected chi connectivity index (χ3v) is 8.40. The van der Waals surface area contributed by atoms with Crippen molar-refractivity contribution in [3.8, 4) is 0 Å². The molecule has 0 aromatic heterocycles. The van der Waals surface area contributed by atoms with Crippen LogP contribution in [0.2, 0.25) is 0 Å². The third kappa shape index (κ3) is 5.23. The SMILES string of the molecule is CN(C(=O)CNC(=O)C1CC(S)CN1S(=O)(=O)c1ccc2ccccc2c1)c1ccc(C(=O)O)cc1. The minimum Gasteiger partial charge on any atom is -0.478 e. The molecule has 1 saturated heterocycles. The van der Waals surface area contributed by atoms with E-state index in [0.717, 1.165) is 15.1 Å². The molecule has 0 spiro atoms.